The molecule has 0 spiro atoms. The normalized spacial score (nSPS) is 19.0. The van der Waals surface area contributed by atoms with Crippen LogP contribution < -0.4 is 9.47 Å². The summed E-state index contributed by atoms with van der Waals surface area (Å²) in [5, 5.41) is 3.40. The van der Waals surface area contributed by atoms with Gasteiger partial charge in [0, 0.05) is 48.4 Å². The minimum Gasteiger partial charge on any atom is -0.330 e. The number of hydrogen-bond donors (Lipinski definition) is 0. The Balaban J connectivity index is 1.44. The van der Waals surface area contributed by atoms with Crippen LogP contribution in [0.15, 0.2) is 92.9 Å². The zero-order valence-corrected chi connectivity index (χ0v) is 24.3. The van der Waals surface area contributed by atoms with Crippen LogP contribution in [0.1, 0.15) is 59.4 Å². The van der Waals surface area contributed by atoms with Gasteiger partial charge in [-0.15, -0.1) is 0 Å². The quantitative estimate of drug-likeness (QED) is 0.309. The predicted molar refractivity (Wildman–Crippen MR) is 159 cm³/mol. The van der Waals surface area contributed by atoms with E-state index in [1.54, 1.807) is 0 Å². The smallest absolute Gasteiger partial charge is 0.263 e. The molecular weight excluding hydrogens is 500 g/mol. The van der Waals surface area contributed by atoms with E-state index < -0.39 is 0 Å². The van der Waals surface area contributed by atoms with E-state index in [0.717, 1.165) is 17.9 Å². The molecule has 5 rings (SSSR count). The van der Waals surface area contributed by atoms with E-state index in [0.29, 0.717) is 0 Å². The fraction of sp³-hybridized carbons (Fsp3) is 0.323. The minimum atomic E-state index is -0.000169. The number of halogens is 1. The van der Waals surface area contributed by atoms with Crippen LogP contribution in [-0.2, 0) is 5.54 Å². The topological polar surface area (TPSA) is 7.12 Å². The number of thioether (sulfide) groups is 1. The highest BCUT2D eigenvalue weighted by atomic mass is 35.5. The van der Waals surface area contributed by atoms with Gasteiger partial charge in [0.05, 0.1) is 10.7 Å². The highest BCUT2D eigenvalue weighted by Gasteiger charge is 2.33. The first kappa shape index (κ1) is 25.4. The van der Waals surface area contributed by atoms with Crippen molar-refractivity contribution in [1.29, 1.82) is 0 Å². The molecule has 0 N–H and O–H groups in total. The summed E-state index contributed by atoms with van der Waals surface area (Å²) in [6, 6.07) is 17.3. The summed E-state index contributed by atoms with van der Waals surface area (Å²) < 4.78 is 3.74. The van der Waals surface area contributed by atoms with Crippen LogP contribution in [0.5, 0.6) is 0 Å². The largest absolute Gasteiger partial charge is 0.330 e. The lowest BCUT2D eigenvalue weighted by molar-refractivity contribution is -0.728. The fourth-order valence-electron chi connectivity index (χ4n) is 4.96. The fourth-order valence-corrected chi connectivity index (χ4v) is 7.75. The van der Waals surface area contributed by atoms with Gasteiger partial charge in [-0.2, -0.15) is 4.57 Å². The Morgan fingerprint density at radius 2 is 1.61 bits per heavy atom. The molecule has 186 valence electrons. The lowest BCUT2D eigenvalue weighted by Crippen LogP contribution is -2.51. The Bertz CT molecular complexity index is 1440. The number of allylic oxidation sites excluding steroid dienone is 6. The average molecular weight is 534 g/mol. The standard InChI is InChI=1S/C31H34ClN2S2/c1-30(2,3)33-23-11-7-9-13-25(23)35-27(33)19-17-21-15-16-22(29(21)32)18-20-28-34(31(4,5)6)24-12-8-10-14-26(24)36-28/h7-14,17-20H,15-16H2,1-6H3/q+1. The molecule has 0 bridgehead atoms. The van der Waals surface area contributed by atoms with Crippen LogP contribution in [0.3, 0.4) is 0 Å². The molecule has 5 heteroatoms. The molecule has 0 amide bonds. The molecule has 0 saturated carbocycles. The van der Waals surface area contributed by atoms with Crippen LogP contribution in [0.4, 0.5) is 5.69 Å². The second-order valence-electron chi connectivity index (χ2n) is 11.4. The zero-order chi connectivity index (χ0) is 25.7. The number of nitrogens with zero attached hydrogens (tertiary/aromatic N) is 2. The number of aromatic nitrogens is 1. The van der Waals surface area contributed by atoms with Crippen LogP contribution >= 0.6 is 34.7 Å². The van der Waals surface area contributed by atoms with E-state index in [2.05, 4.69) is 124 Å². The van der Waals surface area contributed by atoms with Gasteiger partial charge in [0.2, 0.25) is 5.52 Å². The molecule has 2 aliphatic rings. The molecule has 2 aromatic carbocycles. The molecule has 2 heterocycles. The van der Waals surface area contributed by atoms with E-state index in [-0.39, 0.29) is 11.1 Å². The molecule has 0 saturated heterocycles. The molecule has 1 aromatic heterocycles. The number of benzene rings is 2. The first-order chi connectivity index (χ1) is 17.0. The number of fused-ring (bicyclic) bond motifs is 2. The summed E-state index contributed by atoms with van der Waals surface area (Å²) >= 11 is 10.6. The molecular formula is C31H34ClN2S2+. The molecule has 1 aliphatic carbocycles. The molecule has 36 heavy (non-hydrogen) atoms. The lowest BCUT2D eigenvalue weighted by atomic mass is 10.1. The Labute approximate surface area is 228 Å². The van der Waals surface area contributed by atoms with E-state index in [1.807, 2.05) is 23.1 Å². The Morgan fingerprint density at radius 1 is 0.889 bits per heavy atom. The van der Waals surface area contributed by atoms with Gasteiger partial charge in [0.25, 0.3) is 5.01 Å². The molecule has 0 fully saturated rings. The predicted octanol–water partition coefficient (Wildman–Crippen LogP) is 9.42. The van der Waals surface area contributed by atoms with E-state index in [4.69, 9.17) is 11.6 Å². The van der Waals surface area contributed by atoms with Gasteiger partial charge < -0.3 is 4.90 Å². The van der Waals surface area contributed by atoms with Gasteiger partial charge >= 0.3 is 0 Å². The van der Waals surface area contributed by atoms with Crippen molar-refractivity contribution in [3.05, 3.63) is 93.0 Å². The average Bonchev–Trinajstić information content (AvgIpc) is 3.48. The zero-order valence-electron chi connectivity index (χ0n) is 21.9. The van der Waals surface area contributed by atoms with Crippen molar-refractivity contribution in [3.63, 3.8) is 0 Å². The van der Waals surface area contributed by atoms with Gasteiger partial charge in [-0.25, -0.2) is 0 Å². The Hall–Kier alpha value is -2.27. The van der Waals surface area contributed by atoms with Crippen molar-refractivity contribution in [1.82, 2.24) is 0 Å². The van der Waals surface area contributed by atoms with E-state index in [1.165, 1.54) is 42.0 Å². The van der Waals surface area contributed by atoms with Crippen molar-refractivity contribution in [2.24, 2.45) is 0 Å². The van der Waals surface area contributed by atoms with Gasteiger partial charge in [0.1, 0.15) is 4.70 Å². The molecule has 0 unspecified atom stereocenters. The van der Waals surface area contributed by atoms with Crippen LogP contribution in [0.25, 0.3) is 16.3 Å². The van der Waals surface area contributed by atoms with E-state index in [9.17, 15) is 0 Å². The van der Waals surface area contributed by atoms with E-state index >= 15 is 0 Å². The summed E-state index contributed by atoms with van der Waals surface area (Å²) in [4.78, 5) is 3.74. The van der Waals surface area contributed by atoms with Crippen molar-refractivity contribution >= 4 is 56.7 Å². The van der Waals surface area contributed by atoms with Gasteiger partial charge in [-0.3, -0.25) is 0 Å². The summed E-state index contributed by atoms with van der Waals surface area (Å²) in [5.74, 6) is 0. The highest BCUT2D eigenvalue weighted by molar-refractivity contribution is 8.03. The van der Waals surface area contributed by atoms with Crippen LogP contribution in [-0.4, -0.2) is 5.54 Å². The van der Waals surface area contributed by atoms with Crippen LogP contribution in [0, 0.1) is 0 Å². The van der Waals surface area contributed by atoms with Crippen LogP contribution in [0.2, 0.25) is 0 Å². The maximum atomic E-state index is 6.93. The Kier molecular flexibility index (Phi) is 6.74. The number of hydrogen-bond acceptors (Lipinski definition) is 3. The maximum absolute atomic E-state index is 6.93. The second kappa shape index (κ2) is 9.55. The number of para-hydroxylation sites is 2. The maximum Gasteiger partial charge on any atom is 0.263 e. The number of thiazole rings is 1. The minimum absolute atomic E-state index is 0.000169. The SMILES string of the molecule is CC(C)(C)N1/C(=C/C=C2\CCC(/C=C/c3sc4ccccc4[n+]3C(C)(C)C)=C2Cl)Sc2ccccc21. The lowest BCUT2D eigenvalue weighted by Gasteiger charge is -2.34. The summed E-state index contributed by atoms with van der Waals surface area (Å²) in [6.45, 7) is 13.6. The van der Waals surface area contributed by atoms with Crippen molar-refractivity contribution < 1.29 is 4.57 Å². The first-order valence-electron chi connectivity index (χ1n) is 12.5. The number of anilines is 1. The highest BCUT2D eigenvalue weighted by Crippen LogP contribution is 2.49. The molecule has 0 atom stereocenters. The Morgan fingerprint density at radius 3 is 2.36 bits per heavy atom. The van der Waals surface area contributed by atoms with Crippen molar-refractivity contribution in [2.45, 2.75) is 70.4 Å². The van der Waals surface area contributed by atoms with Gasteiger partial charge in [0.15, 0.2) is 5.54 Å². The third-order valence-electron chi connectivity index (χ3n) is 6.51. The molecule has 3 aromatic rings. The summed E-state index contributed by atoms with van der Waals surface area (Å²) in [7, 11) is 0. The monoisotopic (exact) mass is 533 g/mol. The molecule has 2 nitrogen and oxygen atoms in total. The van der Waals surface area contributed by atoms with Crippen molar-refractivity contribution in [2.75, 3.05) is 4.90 Å². The van der Waals surface area contributed by atoms with Crippen molar-refractivity contribution in [3.8, 4) is 0 Å². The van der Waals surface area contributed by atoms with Gasteiger partial charge in [-0.1, -0.05) is 71.1 Å². The molecule has 0 radical (unpaired) electrons. The summed E-state index contributed by atoms with van der Waals surface area (Å²) in [5.41, 5.74) is 5.00. The number of rotatable bonds is 3. The summed E-state index contributed by atoms with van der Waals surface area (Å²) in [6.07, 6.45) is 10.9. The first-order valence-corrected chi connectivity index (χ1v) is 14.5. The molecule has 1 aliphatic heterocycles. The van der Waals surface area contributed by atoms with Gasteiger partial charge in [-0.05, 0) is 69.0 Å². The third kappa shape index (κ3) is 4.83. The third-order valence-corrected chi connectivity index (χ3v) is 9.18. The second-order valence-corrected chi connectivity index (χ2v) is 13.9.